The minimum absolute atomic E-state index is 0.0387. The van der Waals surface area contributed by atoms with Gasteiger partial charge in [-0.15, -0.1) is 0 Å². The average molecular weight is 209 g/mol. The Morgan fingerprint density at radius 3 is 2.60 bits per heavy atom. The standard InChI is InChI=1S/C10H11NO4/c12-7-8-15-10-3-1-9(2-4-10)5-6-11(13)14/h1-6,12H,7-8H2/b6-5+. The molecule has 1 rings (SSSR count). The van der Waals surface area contributed by atoms with Gasteiger partial charge < -0.3 is 9.84 Å². The van der Waals surface area contributed by atoms with E-state index in [1.807, 2.05) is 0 Å². The van der Waals surface area contributed by atoms with Gasteiger partial charge in [0, 0.05) is 6.08 Å². The summed E-state index contributed by atoms with van der Waals surface area (Å²) in [6.07, 6.45) is 2.28. The second kappa shape index (κ2) is 5.77. The first-order chi connectivity index (χ1) is 7.22. The van der Waals surface area contributed by atoms with Gasteiger partial charge in [-0.3, -0.25) is 10.1 Å². The first kappa shape index (κ1) is 11.2. The van der Waals surface area contributed by atoms with E-state index >= 15 is 0 Å². The maximum absolute atomic E-state index is 10.0. The summed E-state index contributed by atoms with van der Waals surface area (Å²) in [7, 11) is 0. The van der Waals surface area contributed by atoms with Crippen LogP contribution in [0.4, 0.5) is 0 Å². The van der Waals surface area contributed by atoms with E-state index in [9.17, 15) is 10.1 Å². The Balaban J connectivity index is 2.60. The molecule has 0 saturated heterocycles. The first-order valence-corrected chi connectivity index (χ1v) is 4.38. The molecule has 0 aromatic heterocycles. The Morgan fingerprint density at radius 1 is 1.40 bits per heavy atom. The summed E-state index contributed by atoms with van der Waals surface area (Å²) in [4.78, 5) is 9.53. The molecule has 0 aliphatic rings. The lowest BCUT2D eigenvalue weighted by Crippen LogP contribution is -2.01. The second-order valence-corrected chi connectivity index (χ2v) is 2.74. The van der Waals surface area contributed by atoms with Crippen LogP contribution in [0.2, 0.25) is 0 Å². The van der Waals surface area contributed by atoms with Crippen molar-refractivity contribution in [3.63, 3.8) is 0 Å². The molecule has 0 unspecified atom stereocenters. The number of ether oxygens (including phenoxy) is 1. The van der Waals surface area contributed by atoms with E-state index in [0.717, 1.165) is 11.8 Å². The monoisotopic (exact) mass is 209 g/mol. The van der Waals surface area contributed by atoms with Crippen molar-refractivity contribution >= 4 is 6.08 Å². The third-order valence-corrected chi connectivity index (χ3v) is 1.63. The molecule has 5 heteroatoms. The predicted octanol–water partition coefficient (Wildman–Crippen LogP) is 1.31. The van der Waals surface area contributed by atoms with Crippen LogP contribution >= 0.6 is 0 Å². The third kappa shape index (κ3) is 4.24. The van der Waals surface area contributed by atoms with Crippen molar-refractivity contribution in [1.82, 2.24) is 0 Å². The largest absolute Gasteiger partial charge is 0.491 e. The van der Waals surface area contributed by atoms with Crippen molar-refractivity contribution in [3.8, 4) is 5.75 Å². The van der Waals surface area contributed by atoms with Crippen LogP contribution in [0.15, 0.2) is 30.5 Å². The van der Waals surface area contributed by atoms with Crippen LogP contribution in [-0.4, -0.2) is 23.2 Å². The molecule has 0 amide bonds. The minimum atomic E-state index is -0.518. The lowest BCUT2D eigenvalue weighted by molar-refractivity contribution is -0.400. The fourth-order valence-electron chi connectivity index (χ4n) is 0.986. The number of aliphatic hydroxyl groups is 1. The number of nitro groups is 1. The van der Waals surface area contributed by atoms with Crippen LogP contribution in [-0.2, 0) is 0 Å². The van der Waals surface area contributed by atoms with Crippen LogP contribution in [0.25, 0.3) is 6.08 Å². The number of aliphatic hydroxyl groups excluding tert-OH is 1. The highest BCUT2D eigenvalue weighted by Gasteiger charge is 1.94. The number of hydrogen-bond acceptors (Lipinski definition) is 4. The van der Waals surface area contributed by atoms with E-state index in [0.29, 0.717) is 5.75 Å². The molecule has 0 atom stereocenters. The Kier molecular flexibility index (Phi) is 4.30. The Hall–Kier alpha value is -1.88. The molecule has 0 radical (unpaired) electrons. The molecule has 1 aromatic carbocycles. The van der Waals surface area contributed by atoms with Crippen molar-refractivity contribution < 1.29 is 14.8 Å². The number of nitrogens with zero attached hydrogens (tertiary/aromatic N) is 1. The highest BCUT2D eigenvalue weighted by molar-refractivity contribution is 5.49. The molecule has 0 aliphatic heterocycles. The van der Waals surface area contributed by atoms with E-state index in [1.54, 1.807) is 24.3 Å². The molecule has 1 N–H and O–H groups in total. The molecule has 0 saturated carbocycles. The maximum Gasteiger partial charge on any atom is 0.235 e. The van der Waals surface area contributed by atoms with Gasteiger partial charge >= 0.3 is 0 Å². The van der Waals surface area contributed by atoms with Crippen LogP contribution in [0.1, 0.15) is 5.56 Å². The van der Waals surface area contributed by atoms with Gasteiger partial charge in [0.05, 0.1) is 11.5 Å². The molecule has 0 heterocycles. The summed E-state index contributed by atoms with van der Waals surface area (Å²) in [5, 5.41) is 18.6. The van der Waals surface area contributed by atoms with Crippen LogP contribution < -0.4 is 4.74 Å². The summed E-state index contributed by atoms with van der Waals surface area (Å²) in [6.45, 7) is 0.201. The number of hydrogen-bond donors (Lipinski definition) is 1. The Morgan fingerprint density at radius 2 is 2.07 bits per heavy atom. The summed E-state index contributed by atoms with van der Waals surface area (Å²) < 4.78 is 5.13. The Labute approximate surface area is 86.8 Å². The maximum atomic E-state index is 10.0. The van der Waals surface area contributed by atoms with E-state index in [4.69, 9.17) is 9.84 Å². The van der Waals surface area contributed by atoms with Gasteiger partial charge in [0.2, 0.25) is 6.20 Å². The molecule has 0 spiro atoms. The summed E-state index contributed by atoms with van der Waals surface area (Å²) in [5.74, 6) is 0.627. The van der Waals surface area contributed by atoms with Gasteiger partial charge in [0.25, 0.3) is 0 Å². The van der Waals surface area contributed by atoms with Crippen LogP contribution in [0.5, 0.6) is 5.75 Å². The fourth-order valence-corrected chi connectivity index (χ4v) is 0.986. The lowest BCUT2D eigenvalue weighted by atomic mass is 10.2. The molecular weight excluding hydrogens is 198 g/mol. The molecule has 0 aliphatic carbocycles. The van der Waals surface area contributed by atoms with Gasteiger partial charge in [-0.25, -0.2) is 0 Å². The predicted molar refractivity (Wildman–Crippen MR) is 55.1 cm³/mol. The summed E-state index contributed by atoms with van der Waals surface area (Å²) in [6, 6.07) is 6.78. The van der Waals surface area contributed by atoms with E-state index in [1.165, 1.54) is 6.08 Å². The molecule has 0 bridgehead atoms. The zero-order chi connectivity index (χ0) is 11.1. The van der Waals surface area contributed by atoms with Gasteiger partial charge in [0.15, 0.2) is 0 Å². The van der Waals surface area contributed by atoms with E-state index in [2.05, 4.69) is 0 Å². The minimum Gasteiger partial charge on any atom is -0.491 e. The van der Waals surface area contributed by atoms with Gasteiger partial charge in [-0.05, 0) is 17.7 Å². The number of rotatable bonds is 5. The molecule has 0 fully saturated rings. The van der Waals surface area contributed by atoms with Crippen molar-refractivity contribution in [3.05, 3.63) is 46.1 Å². The SMILES string of the molecule is O=[N+]([O-])/C=C/c1ccc(OCCO)cc1. The topological polar surface area (TPSA) is 72.6 Å². The van der Waals surface area contributed by atoms with E-state index in [-0.39, 0.29) is 13.2 Å². The molecule has 15 heavy (non-hydrogen) atoms. The lowest BCUT2D eigenvalue weighted by Gasteiger charge is -2.03. The van der Waals surface area contributed by atoms with Gasteiger partial charge in [0.1, 0.15) is 12.4 Å². The quantitative estimate of drug-likeness (QED) is 0.586. The molecule has 5 nitrogen and oxygen atoms in total. The third-order valence-electron chi connectivity index (χ3n) is 1.63. The second-order valence-electron chi connectivity index (χ2n) is 2.74. The van der Waals surface area contributed by atoms with Crippen molar-refractivity contribution in [1.29, 1.82) is 0 Å². The fraction of sp³-hybridized carbons (Fsp3) is 0.200. The van der Waals surface area contributed by atoms with Crippen molar-refractivity contribution in [2.75, 3.05) is 13.2 Å². The van der Waals surface area contributed by atoms with Crippen LogP contribution in [0.3, 0.4) is 0 Å². The summed E-state index contributed by atoms with van der Waals surface area (Å²) >= 11 is 0. The Bertz CT molecular complexity index is 345. The zero-order valence-electron chi connectivity index (χ0n) is 8.00. The smallest absolute Gasteiger partial charge is 0.235 e. The zero-order valence-corrected chi connectivity index (χ0v) is 8.00. The average Bonchev–Trinajstić information content (AvgIpc) is 2.25. The first-order valence-electron chi connectivity index (χ1n) is 4.38. The molecular formula is C10H11NO4. The highest BCUT2D eigenvalue weighted by Crippen LogP contribution is 2.12. The van der Waals surface area contributed by atoms with Gasteiger partial charge in [-0.2, -0.15) is 0 Å². The van der Waals surface area contributed by atoms with Gasteiger partial charge in [-0.1, -0.05) is 12.1 Å². The van der Waals surface area contributed by atoms with E-state index < -0.39 is 4.92 Å². The van der Waals surface area contributed by atoms with Crippen molar-refractivity contribution in [2.24, 2.45) is 0 Å². The molecule has 80 valence electrons. The number of benzene rings is 1. The van der Waals surface area contributed by atoms with Crippen molar-refractivity contribution in [2.45, 2.75) is 0 Å². The van der Waals surface area contributed by atoms with Crippen LogP contribution in [0, 0.1) is 10.1 Å². The molecule has 1 aromatic rings. The normalized spacial score (nSPS) is 10.5. The summed E-state index contributed by atoms with van der Waals surface area (Å²) in [5.41, 5.74) is 0.725. The highest BCUT2D eigenvalue weighted by atomic mass is 16.6.